The molecular weight excluding hydrogens is 214 g/mol. The van der Waals surface area contributed by atoms with Crippen molar-refractivity contribution >= 4 is 0 Å². The Bertz CT molecular complexity index is 218. The van der Waals surface area contributed by atoms with Crippen LogP contribution in [0, 0.1) is 5.92 Å². The van der Waals surface area contributed by atoms with Crippen LogP contribution in [0.5, 0.6) is 0 Å². The van der Waals surface area contributed by atoms with Gasteiger partial charge in [-0.2, -0.15) is 0 Å². The molecule has 3 heteroatoms. The highest BCUT2D eigenvalue weighted by Crippen LogP contribution is 2.15. The van der Waals surface area contributed by atoms with E-state index in [9.17, 15) is 5.11 Å². The van der Waals surface area contributed by atoms with E-state index in [0.29, 0.717) is 12.0 Å². The quantitative estimate of drug-likeness (QED) is 0.660. The Kier molecular flexibility index (Phi) is 6.78. The van der Waals surface area contributed by atoms with Crippen molar-refractivity contribution < 1.29 is 9.84 Å². The highest BCUT2D eigenvalue weighted by Gasteiger charge is 2.24. The molecule has 100 valence electrons. The van der Waals surface area contributed by atoms with Gasteiger partial charge in [0.15, 0.2) is 0 Å². The first kappa shape index (κ1) is 14.7. The molecule has 0 aromatic heterocycles. The number of hydrogen-bond acceptors (Lipinski definition) is 3. The van der Waals surface area contributed by atoms with Crippen molar-refractivity contribution in [2.75, 3.05) is 26.2 Å². The summed E-state index contributed by atoms with van der Waals surface area (Å²) >= 11 is 0. The van der Waals surface area contributed by atoms with Crippen molar-refractivity contribution in [3.05, 3.63) is 12.7 Å². The number of aliphatic hydroxyl groups excluding tert-OH is 1. The Morgan fingerprint density at radius 3 is 2.94 bits per heavy atom. The van der Waals surface area contributed by atoms with E-state index in [1.807, 2.05) is 6.08 Å². The second kappa shape index (κ2) is 7.85. The average molecular weight is 241 g/mol. The van der Waals surface area contributed by atoms with Crippen LogP contribution in [0.3, 0.4) is 0 Å². The van der Waals surface area contributed by atoms with Gasteiger partial charge in [-0.25, -0.2) is 0 Å². The molecule has 0 amide bonds. The number of hydrogen-bond donors (Lipinski definition) is 1. The molecule has 1 rings (SSSR count). The van der Waals surface area contributed by atoms with E-state index < -0.39 is 0 Å². The van der Waals surface area contributed by atoms with Gasteiger partial charge in [0.1, 0.15) is 0 Å². The van der Waals surface area contributed by atoms with E-state index in [2.05, 4.69) is 25.3 Å². The molecule has 0 bridgehead atoms. The lowest BCUT2D eigenvalue weighted by atomic mass is 10.2. The van der Waals surface area contributed by atoms with Gasteiger partial charge in [-0.05, 0) is 25.2 Å². The summed E-state index contributed by atoms with van der Waals surface area (Å²) in [6.45, 7) is 11.7. The molecule has 0 aromatic carbocycles. The number of nitrogens with zero attached hydrogens (tertiary/aromatic N) is 1. The van der Waals surface area contributed by atoms with Crippen LogP contribution in [-0.2, 0) is 4.74 Å². The zero-order valence-electron chi connectivity index (χ0n) is 11.3. The summed E-state index contributed by atoms with van der Waals surface area (Å²) in [5.74, 6) is 0.599. The molecule has 1 aliphatic rings. The van der Waals surface area contributed by atoms with E-state index in [-0.39, 0.29) is 6.10 Å². The third kappa shape index (κ3) is 6.20. The molecule has 1 heterocycles. The number of allylic oxidation sites excluding steroid dienone is 1. The summed E-state index contributed by atoms with van der Waals surface area (Å²) in [6, 6.07) is 0. The molecule has 1 saturated heterocycles. The fraction of sp³-hybridized carbons (Fsp3) is 0.857. The van der Waals surface area contributed by atoms with Crippen molar-refractivity contribution in [1.29, 1.82) is 0 Å². The minimum Gasteiger partial charge on any atom is -0.392 e. The standard InChI is InChI=1S/C14H27NO2/c1-4-5-6-13(16)9-15-8-7-14(10-15)17-11-12(2)3/h4,12-14,16H,1,5-11H2,2-3H3. The molecule has 1 N–H and O–H groups in total. The summed E-state index contributed by atoms with van der Waals surface area (Å²) in [7, 11) is 0. The predicted octanol–water partition coefficient (Wildman–Crippen LogP) is 2.06. The van der Waals surface area contributed by atoms with Gasteiger partial charge in [0, 0.05) is 26.2 Å². The van der Waals surface area contributed by atoms with Crippen LogP contribution in [0.15, 0.2) is 12.7 Å². The molecule has 0 radical (unpaired) electrons. The fourth-order valence-electron chi connectivity index (χ4n) is 2.13. The molecule has 2 atom stereocenters. The minimum atomic E-state index is -0.225. The van der Waals surface area contributed by atoms with Crippen LogP contribution < -0.4 is 0 Å². The van der Waals surface area contributed by atoms with Gasteiger partial charge in [0.25, 0.3) is 0 Å². The molecule has 1 fully saturated rings. The number of β-amino-alcohol motifs (C(OH)–C–C–N with tert-alkyl or cyclic N) is 1. The van der Waals surface area contributed by atoms with Gasteiger partial charge >= 0.3 is 0 Å². The van der Waals surface area contributed by atoms with Crippen molar-refractivity contribution in [2.45, 2.75) is 45.3 Å². The summed E-state index contributed by atoms with van der Waals surface area (Å²) < 4.78 is 5.82. The Hall–Kier alpha value is -0.380. The normalized spacial score (nSPS) is 23.2. The second-order valence-corrected chi connectivity index (χ2v) is 5.42. The van der Waals surface area contributed by atoms with Gasteiger partial charge in [-0.15, -0.1) is 6.58 Å². The largest absolute Gasteiger partial charge is 0.392 e. The highest BCUT2D eigenvalue weighted by molar-refractivity contribution is 4.79. The van der Waals surface area contributed by atoms with Crippen molar-refractivity contribution in [3.63, 3.8) is 0 Å². The Morgan fingerprint density at radius 2 is 2.29 bits per heavy atom. The van der Waals surface area contributed by atoms with E-state index in [0.717, 1.165) is 45.5 Å². The average Bonchev–Trinajstić information content (AvgIpc) is 2.71. The number of rotatable bonds is 8. The van der Waals surface area contributed by atoms with Crippen LogP contribution in [0.4, 0.5) is 0 Å². The van der Waals surface area contributed by atoms with Gasteiger partial charge in [-0.3, -0.25) is 4.90 Å². The van der Waals surface area contributed by atoms with Crippen LogP contribution in [0.25, 0.3) is 0 Å². The molecule has 1 aliphatic heterocycles. The zero-order valence-corrected chi connectivity index (χ0v) is 11.3. The fourth-order valence-corrected chi connectivity index (χ4v) is 2.13. The lowest BCUT2D eigenvalue weighted by Gasteiger charge is -2.20. The van der Waals surface area contributed by atoms with E-state index in [1.165, 1.54) is 0 Å². The van der Waals surface area contributed by atoms with E-state index in [4.69, 9.17) is 4.74 Å². The first-order valence-corrected chi connectivity index (χ1v) is 6.74. The van der Waals surface area contributed by atoms with E-state index in [1.54, 1.807) is 0 Å². The predicted molar refractivity (Wildman–Crippen MR) is 71.1 cm³/mol. The maximum Gasteiger partial charge on any atom is 0.0714 e. The maximum absolute atomic E-state index is 9.81. The van der Waals surface area contributed by atoms with Crippen LogP contribution in [0.1, 0.15) is 33.1 Å². The number of likely N-dealkylation sites (tertiary alicyclic amines) is 1. The molecule has 0 saturated carbocycles. The van der Waals surface area contributed by atoms with Gasteiger partial charge in [0.05, 0.1) is 12.2 Å². The molecule has 0 aromatic rings. The topological polar surface area (TPSA) is 32.7 Å². The van der Waals surface area contributed by atoms with Crippen molar-refractivity contribution in [2.24, 2.45) is 5.92 Å². The summed E-state index contributed by atoms with van der Waals surface area (Å²) in [5.41, 5.74) is 0. The molecule has 17 heavy (non-hydrogen) atoms. The highest BCUT2D eigenvalue weighted by atomic mass is 16.5. The molecule has 3 nitrogen and oxygen atoms in total. The minimum absolute atomic E-state index is 0.225. The molecule has 0 spiro atoms. The summed E-state index contributed by atoms with van der Waals surface area (Å²) in [4.78, 5) is 2.30. The molecule has 0 aliphatic carbocycles. The van der Waals surface area contributed by atoms with Crippen molar-refractivity contribution in [1.82, 2.24) is 4.90 Å². The maximum atomic E-state index is 9.81. The number of ether oxygens (including phenoxy) is 1. The van der Waals surface area contributed by atoms with Crippen LogP contribution >= 0.6 is 0 Å². The molecular formula is C14H27NO2. The SMILES string of the molecule is C=CCCC(O)CN1CCC(OCC(C)C)C1. The first-order valence-electron chi connectivity index (χ1n) is 6.74. The van der Waals surface area contributed by atoms with Crippen LogP contribution in [0.2, 0.25) is 0 Å². The Balaban J connectivity index is 2.14. The second-order valence-electron chi connectivity index (χ2n) is 5.42. The number of aliphatic hydroxyl groups is 1. The Morgan fingerprint density at radius 1 is 1.53 bits per heavy atom. The third-order valence-electron chi connectivity index (χ3n) is 3.07. The monoisotopic (exact) mass is 241 g/mol. The first-order chi connectivity index (χ1) is 8.11. The van der Waals surface area contributed by atoms with Gasteiger partial charge in [-0.1, -0.05) is 19.9 Å². The van der Waals surface area contributed by atoms with Gasteiger partial charge in [0.2, 0.25) is 0 Å². The summed E-state index contributed by atoms with van der Waals surface area (Å²) in [5, 5.41) is 9.81. The smallest absolute Gasteiger partial charge is 0.0714 e. The lowest BCUT2D eigenvalue weighted by molar-refractivity contribution is 0.0370. The van der Waals surface area contributed by atoms with Gasteiger partial charge < -0.3 is 9.84 Å². The van der Waals surface area contributed by atoms with Crippen molar-refractivity contribution in [3.8, 4) is 0 Å². The van der Waals surface area contributed by atoms with Crippen LogP contribution in [-0.4, -0.2) is 48.5 Å². The van der Waals surface area contributed by atoms with E-state index >= 15 is 0 Å². The molecule has 2 unspecified atom stereocenters. The lowest BCUT2D eigenvalue weighted by Crippen LogP contribution is -2.32. The Labute approximate surface area is 105 Å². The third-order valence-corrected chi connectivity index (χ3v) is 3.07. The summed E-state index contributed by atoms with van der Waals surface area (Å²) in [6.07, 6.45) is 4.81. The zero-order chi connectivity index (χ0) is 12.7.